The molecule has 0 heterocycles. The monoisotopic (exact) mass is 406 g/mol. The molecule has 4 aliphatic carbocycles. The highest BCUT2D eigenvalue weighted by Gasteiger charge is 2.65. The Kier molecular flexibility index (Phi) is 4.98. The molecule has 29 heavy (non-hydrogen) atoms. The fourth-order valence-electron chi connectivity index (χ4n) is 7.66. The number of halogens is 1. The van der Waals surface area contributed by atoms with Gasteiger partial charge in [-0.3, -0.25) is 19.2 Å². The first-order chi connectivity index (χ1) is 13.6. The number of hydrogen-bond donors (Lipinski definition) is 0. The summed E-state index contributed by atoms with van der Waals surface area (Å²) in [5.41, 5.74) is -0.961. The smallest absolute Gasteiger partial charge is 0.303 e. The molecule has 5 nitrogen and oxygen atoms in total. The van der Waals surface area contributed by atoms with Gasteiger partial charge in [-0.25, -0.2) is 4.39 Å². The lowest BCUT2D eigenvalue weighted by Crippen LogP contribution is -2.60. The molecule has 4 aliphatic rings. The van der Waals surface area contributed by atoms with Crippen molar-refractivity contribution >= 4 is 23.3 Å². The first-order valence-electron chi connectivity index (χ1n) is 10.9. The van der Waals surface area contributed by atoms with Crippen molar-refractivity contribution < 1.29 is 28.3 Å². The number of rotatable bonds is 3. The van der Waals surface area contributed by atoms with Crippen LogP contribution in [0.15, 0.2) is 0 Å². The molecular weight excluding hydrogens is 375 g/mol. The van der Waals surface area contributed by atoms with E-state index in [1.54, 1.807) is 0 Å². The molecule has 0 unspecified atom stereocenters. The summed E-state index contributed by atoms with van der Waals surface area (Å²) in [6.45, 7) is 5.04. The summed E-state index contributed by atoms with van der Waals surface area (Å²) in [5, 5.41) is 0. The van der Waals surface area contributed by atoms with Gasteiger partial charge in [0.15, 0.2) is 5.78 Å². The summed E-state index contributed by atoms with van der Waals surface area (Å²) >= 11 is 0. The molecule has 4 rings (SSSR count). The molecule has 6 heteroatoms. The van der Waals surface area contributed by atoms with Gasteiger partial charge in [0.05, 0.1) is 0 Å². The molecule has 160 valence electrons. The molecule has 0 N–H and O–H groups in total. The molecule has 0 bridgehead atoms. The Bertz CT molecular complexity index is 762. The third-order valence-corrected chi connectivity index (χ3v) is 8.94. The number of carbonyl (C=O) groups is 4. The minimum atomic E-state index is -1.07. The van der Waals surface area contributed by atoms with E-state index in [1.807, 2.05) is 13.8 Å². The molecule has 0 amide bonds. The van der Waals surface area contributed by atoms with E-state index in [4.69, 9.17) is 4.74 Å². The van der Waals surface area contributed by atoms with E-state index in [0.29, 0.717) is 32.1 Å². The number of esters is 1. The van der Waals surface area contributed by atoms with Gasteiger partial charge in [0.25, 0.3) is 0 Å². The number of ketones is 3. The molecule has 0 radical (unpaired) electrons. The topological polar surface area (TPSA) is 77.5 Å². The highest BCUT2D eigenvalue weighted by atomic mass is 19.1. The molecule has 8 atom stereocenters. The Morgan fingerprint density at radius 1 is 1.14 bits per heavy atom. The van der Waals surface area contributed by atoms with Crippen LogP contribution in [-0.2, 0) is 23.9 Å². The third kappa shape index (κ3) is 3.09. The molecule has 0 saturated heterocycles. The quantitative estimate of drug-likeness (QED) is 0.671. The standard InChI is InChI=1S/C23H31FO5/c1-12(25)29-11-20(28)16-5-4-15-14-9-18(24)17-8-13(26)6-7-22(17,2)21(14)19(27)10-23(15,16)3/h14-18,21H,4-11H2,1-3H3/t14-,15-,16+,17-,18-,21+,22-,23-/m0/s1. The minimum Gasteiger partial charge on any atom is -0.458 e. The number of hydrogen-bond acceptors (Lipinski definition) is 5. The minimum absolute atomic E-state index is 0.0720. The normalized spacial score (nSPS) is 46.5. The van der Waals surface area contributed by atoms with Gasteiger partial charge in [0, 0.05) is 43.9 Å². The van der Waals surface area contributed by atoms with Gasteiger partial charge < -0.3 is 4.74 Å². The van der Waals surface area contributed by atoms with Crippen LogP contribution in [0.1, 0.15) is 65.7 Å². The van der Waals surface area contributed by atoms with Crippen molar-refractivity contribution in [3.05, 3.63) is 0 Å². The van der Waals surface area contributed by atoms with Crippen molar-refractivity contribution in [3.8, 4) is 0 Å². The van der Waals surface area contributed by atoms with E-state index in [0.717, 1.165) is 6.42 Å². The van der Waals surface area contributed by atoms with E-state index in [1.165, 1.54) is 6.92 Å². The van der Waals surface area contributed by atoms with Crippen molar-refractivity contribution in [1.82, 2.24) is 0 Å². The predicted molar refractivity (Wildman–Crippen MR) is 103 cm³/mol. The number of alkyl halides is 1. The molecular formula is C23H31FO5. The Balaban J connectivity index is 1.62. The van der Waals surface area contributed by atoms with E-state index in [2.05, 4.69) is 0 Å². The zero-order valence-electron chi connectivity index (χ0n) is 17.5. The fourth-order valence-corrected chi connectivity index (χ4v) is 7.66. The average molecular weight is 406 g/mol. The Hall–Kier alpha value is -1.59. The summed E-state index contributed by atoms with van der Waals surface area (Å²) in [6.07, 6.45) is 2.29. The summed E-state index contributed by atoms with van der Waals surface area (Å²) < 4.78 is 20.2. The maximum Gasteiger partial charge on any atom is 0.303 e. The van der Waals surface area contributed by atoms with Gasteiger partial charge in [0.2, 0.25) is 0 Å². The van der Waals surface area contributed by atoms with Crippen molar-refractivity contribution in [2.45, 2.75) is 71.9 Å². The van der Waals surface area contributed by atoms with Gasteiger partial charge in [-0.1, -0.05) is 13.8 Å². The highest BCUT2D eigenvalue weighted by Crippen LogP contribution is 2.66. The predicted octanol–water partition coefficient (Wildman–Crippen LogP) is 3.47. The molecule has 0 aliphatic heterocycles. The Labute approximate surface area is 171 Å². The lowest BCUT2D eigenvalue weighted by Gasteiger charge is -2.59. The highest BCUT2D eigenvalue weighted by molar-refractivity contribution is 5.89. The van der Waals surface area contributed by atoms with Crippen LogP contribution < -0.4 is 0 Å². The van der Waals surface area contributed by atoms with Gasteiger partial charge in [-0.15, -0.1) is 0 Å². The first kappa shape index (κ1) is 20.7. The fraction of sp³-hybridized carbons (Fsp3) is 0.826. The maximum absolute atomic E-state index is 15.3. The van der Waals surface area contributed by atoms with Crippen molar-refractivity contribution in [2.24, 2.45) is 40.4 Å². The molecule has 0 aromatic carbocycles. The largest absolute Gasteiger partial charge is 0.458 e. The Morgan fingerprint density at radius 3 is 2.55 bits per heavy atom. The summed E-state index contributed by atoms with van der Waals surface area (Å²) in [7, 11) is 0. The van der Waals surface area contributed by atoms with Crippen molar-refractivity contribution in [2.75, 3.05) is 6.61 Å². The lowest BCUT2D eigenvalue weighted by atomic mass is 9.44. The number of ether oxygens (including phenoxy) is 1. The third-order valence-electron chi connectivity index (χ3n) is 8.94. The summed E-state index contributed by atoms with van der Waals surface area (Å²) in [4.78, 5) is 49.3. The second kappa shape index (κ2) is 6.98. The first-order valence-corrected chi connectivity index (χ1v) is 10.9. The van der Waals surface area contributed by atoms with Gasteiger partial charge in [-0.2, -0.15) is 0 Å². The average Bonchev–Trinajstić information content (AvgIpc) is 2.97. The Morgan fingerprint density at radius 2 is 1.86 bits per heavy atom. The van der Waals surface area contributed by atoms with E-state index >= 15 is 4.39 Å². The van der Waals surface area contributed by atoms with Crippen LogP contribution in [0.25, 0.3) is 0 Å². The maximum atomic E-state index is 15.3. The zero-order chi connectivity index (χ0) is 21.1. The van der Waals surface area contributed by atoms with Crippen molar-refractivity contribution in [3.63, 3.8) is 0 Å². The van der Waals surface area contributed by atoms with Crippen LogP contribution >= 0.6 is 0 Å². The van der Waals surface area contributed by atoms with Crippen LogP contribution in [0, 0.1) is 40.4 Å². The summed E-state index contributed by atoms with van der Waals surface area (Å²) in [5.74, 6) is -1.23. The zero-order valence-corrected chi connectivity index (χ0v) is 17.5. The van der Waals surface area contributed by atoms with Crippen LogP contribution in [0.2, 0.25) is 0 Å². The van der Waals surface area contributed by atoms with Gasteiger partial charge in [0.1, 0.15) is 24.3 Å². The number of carbonyl (C=O) groups excluding carboxylic acids is 4. The second-order valence-corrected chi connectivity index (χ2v) is 10.4. The number of fused-ring (bicyclic) bond motifs is 5. The van der Waals surface area contributed by atoms with Gasteiger partial charge >= 0.3 is 5.97 Å². The van der Waals surface area contributed by atoms with Crippen LogP contribution in [0.5, 0.6) is 0 Å². The van der Waals surface area contributed by atoms with Crippen LogP contribution in [0.4, 0.5) is 4.39 Å². The molecule has 0 aromatic heterocycles. The van der Waals surface area contributed by atoms with Crippen molar-refractivity contribution in [1.29, 1.82) is 0 Å². The molecule has 4 saturated carbocycles. The number of Topliss-reactive ketones (excluding diaryl/α,β-unsaturated/α-hetero) is 3. The molecule has 0 spiro atoms. The van der Waals surface area contributed by atoms with Crippen LogP contribution in [0.3, 0.4) is 0 Å². The summed E-state index contributed by atoms with van der Waals surface area (Å²) in [6, 6.07) is 0. The second-order valence-electron chi connectivity index (χ2n) is 10.4. The van der Waals surface area contributed by atoms with E-state index in [-0.39, 0.29) is 60.0 Å². The van der Waals surface area contributed by atoms with E-state index in [9.17, 15) is 19.2 Å². The SMILES string of the molecule is CC(=O)OCC(=O)[C@H]1CC[C@H]2[C@@H]3C[C@H](F)[C@@H]4CC(=O)CC[C@]4(C)[C@H]3C(=O)C[C@]12C. The lowest BCUT2D eigenvalue weighted by molar-refractivity contribution is -0.170. The van der Waals surface area contributed by atoms with Crippen LogP contribution in [-0.4, -0.2) is 36.1 Å². The van der Waals surface area contributed by atoms with E-state index < -0.39 is 23.0 Å². The molecule has 0 aromatic rings. The molecule has 4 fully saturated rings. The van der Waals surface area contributed by atoms with Gasteiger partial charge in [-0.05, 0) is 48.3 Å².